The van der Waals surface area contributed by atoms with E-state index in [0.29, 0.717) is 23.1 Å². The Morgan fingerprint density at radius 1 is 1.39 bits per heavy atom. The van der Waals surface area contributed by atoms with Gasteiger partial charge in [-0.15, -0.1) is 0 Å². The van der Waals surface area contributed by atoms with Crippen LogP contribution < -0.4 is 0 Å². The molecule has 0 aliphatic carbocycles. The highest BCUT2D eigenvalue weighted by Crippen LogP contribution is 2.25. The number of carbonyl (C=O) groups excluding carboxylic acids is 1. The van der Waals surface area contributed by atoms with Crippen LogP contribution in [0.15, 0.2) is 18.2 Å². The van der Waals surface area contributed by atoms with Crippen molar-refractivity contribution in [3.05, 3.63) is 34.3 Å². The molecule has 0 aromatic heterocycles. The Morgan fingerprint density at radius 2 is 2.13 bits per heavy atom. The van der Waals surface area contributed by atoms with Crippen molar-refractivity contribution in [2.45, 2.75) is 25.4 Å². The number of amides is 1. The summed E-state index contributed by atoms with van der Waals surface area (Å²) in [4.78, 5) is 10.7. The highest BCUT2D eigenvalue weighted by atomic mass is 35.5. The minimum Gasteiger partial charge on any atom is -0.396 e. The summed E-state index contributed by atoms with van der Waals surface area (Å²) in [5, 5.41) is 19.3. The fourth-order valence-electron chi connectivity index (χ4n) is 2.61. The average molecular weight is 363 g/mol. The molecule has 1 atom stereocenters. The third-order valence-corrected chi connectivity index (χ3v) is 6.03. The molecule has 0 fully saturated rings. The summed E-state index contributed by atoms with van der Waals surface area (Å²) in [5.74, 6) is -0.446. The Bertz CT molecular complexity index is 667. The topological polar surface area (TPSA) is 98.1 Å². The van der Waals surface area contributed by atoms with Gasteiger partial charge in [0.1, 0.15) is 0 Å². The summed E-state index contributed by atoms with van der Waals surface area (Å²) in [6, 6.07) is 4.42. The third kappa shape index (κ3) is 4.42. The second-order valence-corrected chi connectivity index (χ2v) is 7.88. The zero-order valence-corrected chi connectivity index (χ0v) is 14.0. The van der Waals surface area contributed by atoms with E-state index in [2.05, 4.69) is 0 Å². The van der Waals surface area contributed by atoms with E-state index in [1.807, 2.05) is 6.07 Å². The molecule has 1 aromatic carbocycles. The molecule has 0 bridgehead atoms. The Kier molecular flexibility index (Phi) is 5.99. The van der Waals surface area contributed by atoms with Crippen molar-refractivity contribution in [2.75, 3.05) is 18.9 Å². The first-order chi connectivity index (χ1) is 10.9. The Morgan fingerprint density at radius 3 is 2.78 bits per heavy atom. The van der Waals surface area contributed by atoms with Gasteiger partial charge in [0.2, 0.25) is 16.4 Å². The first-order valence-corrected chi connectivity index (χ1v) is 9.14. The van der Waals surface area contributed by atoms with Crippen molar-refractivity contribution >= 4 is 28.0 Å². The number of carbonyl (C=O) groups is 1. The Hall–Kier alpha value is -1.19. The number of benzene rings is 1. The van der Waals surface area contributed by atoms with E-state index in [0.717, 1.165) is 11.1 Å². The summed E-state index contributed by atoms with van der Waals surface area (Å²) in [7, 11) is -3.70. The first kappa shape index (κ1) is 18.2. The van der Waals surface area contributed by atoms with E-state index in [4.69, 9.17) is 16.7 Å². The average Bonchev–Trinajstić information content (AvgIpc) is 2.52. The van der Waals surface area contributed by atoms with E-state index in [1.165, 1.54) is 4.31 Å². The molecule has 7 nitrogen and oxygen atoms in total. The second-order valence-electron chi connectivity index (χ2n) is 5.43. The molecule has 0 spiro atoms. The number of fused-ring (bicyclic) bond motifs is 1. The molecule has 1 unspecified atom stereocenters. The summed E-state index contributed by atoms with van der Waals surface area (Å²) in [6.07, 6.45) is 0.693. The van der Waals surface area contributed by atoms with Crippen LogP contribution in [0, 0.1) is 0 Å². The standard InChI is InChI=1S/C14H19ClN2O5S/c15-13-2-1-11-3-5-16(8-12(11)7-13)23(21,22)9-14(4-6-18)17(20)10-19/h1-2,7,10,14,18,20H,3-6,8-9H2. The van der Waals surface area contributed by atoms with Crippen molar-refractivity contribution in [1.29, 1.82) is 0 Å². The lowest BCUT2D eigenvalue weighted by Crippen LogP contribution is -2.44. The van der Waals surface area contributed by atoms with Crippen LogP contribution in [0.25, 0.3) is 0 Å². The van der Waals surface area contributed by atoms with Crippen molar-refractivity contribution in [2.24, 2.45) is 0 Å². The fraction of sp³-hybridized carbons (Fsp3) is 0.500. The number of aliphatic hydroxyl groups is 1. The van der Waals surface area contributed by atoms with Gasteiger partial charge in [-0.05, 0) is 36.1 Å². The van der Waals surface area contributed by atoms with Gasteiger partial charge in [0.05, 0.1) is 11.8 Å². The molecule has 1 aliphatic heterocycles. The van der Waals surface area contributed by atoms with Gasteiger partial charge in [-0.1, -0.05) is 17.7 Å². The number of hydrogen-bond acceptors (Lipinski definition) is 5. The Labute approximate surface area is 140 Å². The van der Waals surface area contributed by atoms with Crippen LogP contribution in [-0.2, 0) is 27.8 Å². The van der Waals surface area contributed by atoms with Crippen LogP contribution in [0.3, 0.4) is 0 Å². The quantitative estimate of drug-likeness (QED) is 0.421. The molecule has 0 saturated heterocycles. The molecule has 2 N–H and O–H groups in total. The van der Waals surface area contributed by atoms with Gasteiger partial charge in [-0.25, -0.2) is 13.5 Å². The predicted octanol–water partition coefficient (Wildman–Crippen LogP) is 0.627. The van der Waals surface area contributed by atoms with Gasteiger partial charge < -0.3 is 5.11 Å². The van der Waals surface area contributed by atoms with Crippen LogP contribution in [-0.4, -0.2) is 59.5 Å². The number of rotatable bonds is 7. The molecule has 0 radical (unpaired) electrons. The molecule has 2 rings (SSSR count). The summed E-state index contributed by atoms with van der Waals surface area (Å²) in [5.41, 5.74) is 1.91. The largest absolute Gasteiger partial charge is 0.396 e. The van der Waals surface area contributed by atoms with Crippen LogP contribution in [0.2, 0.25) is 5.02 Å². The number of hydrogen-bond donors (Lipinski definition) is 2. The summed E-state index contributed by atoms with van der Waals surface area (Å²) < 4.78 is 26.4. The zero-order valence-electron chi connectivity index (χ0n) is 12.4. The molecule has 1 amide bonds. The number of aliphatic hydroxyl groups excluding tert-OH is 1. The minimum absolute atomic E-state index is 0.0231. The lowest BCUT2D eigenvalue weighted by atomic mass is 10.0. The lowest BCUT2D eigenvalue weighted by Gasteiger charge is -2.30. The van der Waals surface area contributed by atoms with E-state index < -0.39 is 21.8 Å². The molecule has 23 heavy (non-hydrogen) atoms. The number of sulfonamides is 1. The summed E-state index contributed by atoms with van der Waals surface area (Å²) >= 11 is 5.95. The predicted molar refractivity (Wildman–Crippen MR) is 84.5 cm³/mol. The van der Waals surface area contributed by atoms with Crippen molar-refractivity contribution in [3.8, 4) is 0 Å². The molecular weight excluding hydrogens is 344 g/mol. The third-order valence-electron chi connectivity index (χ3n) is 3.89. The lowest BCUT2D eigenvalue weighted by molar-refractivity contribution is -0.159. The van der Waals surface area contributed by atoms with Gasteiger partial charge in [-0.3, -0.25) is 10.0 Å². The smallest absolute Gasteiger partial charge is 0.233 e. The van der Waals surface area contributed by atoms with Gasteiger partial charge in [0.15, 0.2) is 0 Å². The molecule has 1 heterocycles. The maximum absolute atomic E-state index is 12.5. The van der Waals surface area contributed by atoms with Crippen LogP contribution >= 0.6 is 11.6 Å². The molecule has 0 saturated carbocycles. The minimum atomic E-state index is -3.70. The normalized spacial score (nSPS) is 16.7. The van der Waals surface area contributed by atoms with Crippen molar-refractivity contribution in [1.82, 2.24) is 9.37 Å². The molecule has 9 heteroatoms. The van der Waals surface area contributed by atoms with Gasteiger partial charge >= 0.3 is 0 Å². The molecule has 1 aromatic rings. The number of hydroxylamine groups is 2. The number of halogens is 1. The molecule has 128 valence electrons. The monoisotopic (exact) mass is 362 g/mol. The first-order valence-electron chi connectivity index (χ1n) is 7.16. The van der Waals surface area contributed by atoms with Crippen LogP contribution in [0.5, 0.6) is 0 Å². The highest BCUT2D eigenvalue weighted by molar-refractivity contribution is 7.89. The van der Waals surface area contributed by atoms with Gasteiger partial charge in [0.25, 0.3) is 0 Å². The van der Waals surface area contributed by atoms with Crippen molar-refractivity contribution < 1.29 is 23.5 Å². The van der Waals surface area contributed by atoms with E-state index in [1.54, 1.807) is 12.1 Å². The Balaban J connectivity index is 2.15. The maximum Gasteiger partial charge on any atom is 0.233 e. The second kappa shape index (κ2) is 7.59. The van der Waals surface area contributed by atoms with E-state index in [-0.39, 0.29) is 26.0 Å². The van der Waals surface area contributed by atoms with Crippen LogP contribution in [0.1, 0.15) is 17.5 Å². The summed E-state index contributed by atoms with van der Waals surface area (Å²) in [6.45, 7) is 0.204. The van der Waals surface area contributed by atoms with E-state index >= 15 is 0 Å². The zero-order chi connectivity index (χ0) is 17.0. The fourth-order valence-corrected chi connectivity index (χ4v) is 4.53. The molecule has 1 aliphatic rings. The van der Waals surface area contributed by atoms with Crippen LogP contribution in [0.4, 0.5) is 0 Å². The van der Waals surface area contributed by atoms with Gasteiger partial charge in [0, 0.05) is 24.7 Å². The van der Waals surface area contributed by atoms with E-state index in [9.17, 15) is 18.4 Å². The number of nitrogens with zero attached hydrogens (tertiary/aromatic N) is 2. The highest BCUT2D eigenvalue weighted by Gasteiger charge is 2.31. The maximum atomic E-state index is 12.5. The van der Waals surface area contributed by atoms with Gasteiger partial charge in [-0.2, -0.15) is 4.31 Å². The molecular formula is C14H19ClN2O5S. The van der Waals surface area contributed by atoms with Crippen molar-refractivity contribution in [3.63, 3.8) is 0 Å². The SMILES string of the molecule is O=CN(O)C(CCO)CS(=O)(=O)N1CCc2ccc(Cl)cc2C1.